The predicted molar refractivity (Wildman–Crippen MR) is 90.3 cm³/mol. The van der Waals surface area contributed by atoms with Crippen molar-refractivity contribution in [2.45, 2.75) is 6.92 Å². The zero-order chi connectivity index (χ0) is 16.9. The average molecular weight is 344 g/mol. The Labute approximate surface area is 143 Å². The fraction of sp³-hybridized carbons (Fsp3) is 0.118. The quantitative estimate of drug-likeness (QED) is 0.756. The van der Waals surface area contributed by atoms with Gasteiger partial charge in [0.15, 0.2) is 0 Å². The van der Waals surface area contributed by atoms with E-state index in [0.717, 1.165) is 11.3 Å². The van der Waals surface area contributed by atoms with Crippen LogP contribution in [0.4, 0.5) is 6.01 Å². The van der Waals surface area contributed by atoms with Gasteiger partial charge in [-0.2, -0.15) is 0 Å². The van der Waals surface area contributed by atoms with Crippen LogP contribution < -0.4 is 10.1 Å². The van der Waals surface area contributed by atoms with Gasteiger partial charge in [0.25, 0.3) is 5.91 Å². The molecule has 1 aromatic heterocycles. The number of nitrogens with one attached hydrogen (secondary N) is 1. The van der Waals surface area contributed by atoms with E-state index in [4.69, 9.17) is 20.8 Å². The molecule has 0 bridgehead atoms. The van der Waals surface area contributed by atoms with E-state index in [1.165, 1.54) is 0 Å². The lowest BCUT2D eigenvalue weighted by atomic mass is 10.2. The molecule has 0 saturated carbocycles. The second-order valence-electron chi connectivity index (χ2n) is 4.83. The maximum absolute atomic E-state index is 12.1. The summed E-state index contributed by atoms with van der Waals surface area (Å²) in [5, 5.41) is 10.9. The maximum atomic E-state index is 12.1. The Kier molecular flexibility index (Phi) is 4.77. The van der Waals surface area contributed by atoms with Crippen LogP contribution in [0.2, 0.25) is 5.02 Å². The Morgan fingerprint density at radius 2 is 1.83 bits per heavy atom. The SMILES string of the molecule is CCOc1ccc(-c2nnc(NC(=O)c3ccc(Cl)cc3)o2)cc1. The molecule has 7 heteroatoms. The van der Waals surface area contributed by atoms with Crippen LogP contribution in [0.3, 0.4) is 0 Å². The third-order valence-electron chi connectivity index (χ3n) is 3.16. The van der Waals surface area contributed by atoms with Crippen molar-refractivity contribution in [1.82, 2.24) is 10.2 Å². The maximum Gasteiger partial charge on any atom is 0.322 e. The molecule has 6 nitrogen and oxygen atoms in total. The number of halogens is 1. The fourth-order valence-electron chi connectivity index (χ4n) is 2.02. The van der Waals surface area contributed by atoms with Crippen LogP contribution >= 0.6 is 11.6 Å². The van der Waals surface area contributed by atoms with Gasteiger partial charge in [0, 0.05) is 16.1 Å². The zero-order valence-electron chi connectivity index (χ0n) is 12.8. The highest BCUT2D eigenvalue weighted by Crippen LogP contribution is 2.23. The molecular weight excluding hydrogens is 330 g/mol. The van der Waals surface area contributed by atoms with Crippen molar-refractivity contribution in [3.05, 3.63) is 59.1 Å². The van der Waals surface area contributed by atoms with Gasteiger partial charge in [-0.1, -0.05) is 16.7 Å². The summed E-state index contributed by atoms with van der Waals surface area (Å²) in [6, 6.07) is 13.8. The van der Waals surface area contributed by atoms with E-state index in [2.05, 4.69) is 15.5 Å². The third-order valence-corrected chi connectivity index (χ3v) is 3.42. The minimum Gasteiger partial charge on any atom is -0.494 e. The lowest BCUT2D eigenvalue weighted by Crippen LogP contribution is -2.11. The van der Waals surface area contributed by atoms with Gasteiger partial charge in [-0.15, -0.1) is 5.10 Å². The van der Waals surface area contributed by atoms with E-state index >= 15 is 0 Å². The predicted octanol–water partition coefficient (Wildman–Crippen LogP) is 4.04. The largest absolute Gasteiger partial charge is 0.494 e. The molecule has 0 aliphatic carbocycles. The van der Waals surface area contributed by atoms with Gasteiger partial charge in [0.2, 0.25) is 5.89 Å². The number of amides is 1. The van der Waals surface area contributed by atoms with Gasteiger partial charge < -0.3 is 9.15 Å². The normalized spacial score (nSPS) is 10.4. The summed E-state index contributed by atoms with van der Waals surface area (Å²) in [7, 11) is 0. The Balaban J connectivity index is 1.71. The summed E-state index contributed by atoms with van der Waals surface area (Å²) < 4.78 is 10.8. The van der Waals surface area contributed by atoms with E-state index in [0.29, 0.717) is 23.1 Å². The molecule has 0 saturated heterocycles. The molecule has 3 rings (SSSR count). The molecule has 0 aliphatic heterocycles. The Morgan fingerprint density at radius 1 is 1.12 bits per heavy atom. The van der Waals surface area contributed by atoms with Crippen LogP contribution in [-0.2, 0) is 0 Å². The molecule has 1 heterocycles. The molecule has 24 heavy (non-hydrogen) atoms. The van der Waals surface area contributed by atoms with Crippen LogP contribution in [0.5, 0.6) is 5.75 Å². The van der Waals surface area contributed by atoms with Crippen molar-refractivity contribution in [3.63, 3.8) is 0 Å². The topological polar surface area (TPSA) is 77.3 Å². The number of rotatable bonds is 5. The summed E-state index contributed by atoms with van der Waals surface area (Å²) in [6.07, 6.45) is 0. The number of ether oxygens (including phenoxy) is 1. The van der Waals surface area contributed by atoms with Crippen molar-refractivity contribution in [1.29, 1.82) is 0 Å². The van der Waals surface area contributed by atoms with Crippen molar-refractivity contribution < 1.29 is 13.9 Å². The van der Waals surface area contributed by atoms with Crippen LogP contribution in [0.25, 0.3) is 11.5 Å². The molecule has 0 fully saturated rings. The molecule has 0 unspecified atom stereocenters. The number of aromatic nitrogens is 2. The molecule has 1 N–H and O–H groups in total. The van der Waals surface area contributed by atoms with Gasteiger partial charge >= 0.3 is 6.01 Å². The molecule has 0 spiro atoms. The minimum atomic E-state index is -0.353. The van der Waals surface area contributed by atoms with Crippen molar-refractivity contribution in [3.8, 4) is 17.2 Å². The van der Waals surface area contributed by atoms with E-state index in [1.807, 2.05) is 31.2 Å². The average Bonchev–Trinajstić information content (AvgIpc) is 3.05. The summed E-state index contributed by atoms with van der Waals surface area (Å²) >= 11 is 5.80. The van der Waals surface area contributed by atoms with Gasteiger partial charge in [-0.25, -0.2) is 0 Å². The second-order valence-corrected chi connectivity index (χ2v) is 5.27. The molecule has 0 atom stereocenters. The number of nitrogens with zero attached hydrogens (tertiary/aromatic N) is 2. The third kappa shape index (κ3) is 3.72. The minimum absolute atomic E-state index is 0.0267. The number of hydrogen-bond acceptors (Lipinski definition) is 5. The van der Waals surface area contributed by atoms with E-state index in [-0.39, 0.29) is 11.9 Å². The molecule has 0 radical (unpaired) electrons. The van der Waals surface area contributed by atoms with E-state index in [1.54, 1.807) is 24.3 Å². The molecule has 1 amide bonds. The summed E-state index contributed by atoms with van der Waals surface area (Å²) in [6.45, 7) is 2.52. The molecule has 0 aliphatic rings. The highest BCUT2D eigenvalue weighted by atomic mass is 35.5. The number of hydrogen-bond donors (Lipinski definition) is 1. The number of anilines is 1. The van der Waals surface area contributed by atoms with Crippen LogP contribution in [0.1, 0.15) is 17.3 Å². The van der Waals surface area contributed by atoms with Crippen LogP contribution in [0.15, 0.2) is 52.9 Å². The van der Waals surface area contributed by atoms with Gasteiger partial charge in [0.05, 0.1) is 6.61 Å². The lowest BCUT2D eigenvalue weighted by molar-refractivity contribution is 0.102. The van der Waals surface area contributed by atoms with Gasteiger partial charge in [-0.05, 0) is 55.5 Å². The van der Waals surface area contributed by atoms with Crippen molar-refractivity contribution >= 4 is 23.5 Å². The summed E-state index contributed by atoms with van der Waals surface area (Å²) in [5.74, 6) is 0.718. The zero-order valence-corrected chi connectivity index (χ0v) is 13.6. The Hall–Kier alpha value is -2.86. The van der Waals surface area contributed by atoms with E-state index < -0.39 is 0 Å². The lowest BCUT2D eigenvalue weighted by Gasteiger charge is -2.02. The second kappa shape index (κ2) is 7.14. The molecule has 3 aromatic rings. The van der Waals surface area contributed by atoms with Crippen LogP contribution in [0, 0.1) is 0 Å². The number of carbonyl (C=O) groups excluding carboxylic acids is 1. The molecular formula is C17H14ClN3O3. The first-order valence-electron chi connectivity index (χ1n) is 7.29. The van der Waals surface area contributed by atoms with Crippen molar-refractivity contribution in [2.75, 3.05) is 11.9 Å². The summed E-state index contributed by atoms with van der Waals surface area (Å²) in [5.41, 5.74) is 1.18. The Morgan fingerprint density at radius 3 is 2.50 bits per heavy atom. The first-order valence-corrected chi connectivity index (χ1v) is 7.67. The monoisotopic (exact) mass is 343 g/mol. The summed E-state index contributed by atoms with van der Waals surface area (Å²) in [4.78, 5) is 12.1. The number of carbonyl (C=O) groups is 1. The first kappa shape index (κ1) is 16.0. The van der Waals surface area contributed by atoms with E-state index in [9.17, 15) is 4.79 Å². The van der Waals surface area contributed by atoms with Gasteiger partial charge in [0.1, 0.15) is 5.75 Å². The highest BCUT2D eigenvalue weighted by Gasteiger charge is 2.12. The highest BCUT2D eigenvalue weighted by molar-refractivity contribution is 6.30. The van der Waals surface area contributed by atoms with Crippen molar-refractivity contribution in [2.24, 2.45) is 0 Å². The fourth-order valence-corrected chi connectivity index (χ4v) is 2.15. The standard InChI is InChI=1S/C17H14ClN3O3/c1-2-23-14-9-5-12(6-10-14)16-20-21-17(24-16)19-15(22)11-3-7-13(18)8-4-11/h3-10H,2H2,1H3,(H,19,21,22). The Bertz CT molecular complexity index is 829. The first-order chi connectivity index (χ1) is 11.7. The molecule has 2 aromatic carbocycles. The molecule has 122 valence electrons. The van der Waals surface area contributed by atoms with Crippen LogP contribution in [-0.4, -0.2) is 22.7 Å². The number of benzene rings is 2. The van der Waals surface area contributed by atoms with Gasteiger partial charge in [-0.3, -0.25) is 10.1 Å². The smallest absolute Gasteiger partial charge is 0.322 e.